The van der Waals surface area contributed by atoms with Crippen LogP contribution in [0.2, 0.25) is 0 Å². The molecule has 1 aromatic rings. The first-order valence-corrected chi connectivity index (χ1v) is 8.49. The van der Waals surface area contributed by atoms with E-state index in [0.29, 0.717) is 5.69 Å². The van der Waals surface area contributed by atoms with Crippen LogP contribution < -0.4 is 5.32 Å². The molecule has 0 aromatic heterocycles. The van der Waals surface area contributed by atoms with Gasteiger partial charge in [-0.05, 0) is 24.3 Å². The molecule has 1 aliphatic rings. The molecule has 1 heterocycles. The maximum atomic E-state index is 11.4. The Morgan fingerprint density at radius 1 is 1.32 bits per heavy atom. The first-order chi connectivity index (χ1) is 8.85. The van der Waals surface area contributed by atoms with E-state index in [2.05, 4.69) is 5.32 Å². The lowest BCUT2D eigenvalue weighted by atomic mass is 10.3. The van der Waals surface area contributed by atoms with Gasteiger partial charge in [-0.25, -0.2) is 8.42 Å². The number of hydrogen-bond donors (Lipinski definition) is 2. The average molecular weight is 301 g/mol. The highest BCUT2D eigenvalue weighted by molar-refractivity contribution is 8.02. The van der Waals surface area contributed by atoms with Crippen molar-refractivity contribution >= 4 is 33.2 Å². The Balaban J connectivity index is 2.02. The molecule has 1 fully saturated rings. The van der Waals surface area contributed by atoms with Gasteiger partial charge in [0.2, 0.25) is 5.91 Å². The van der Waals surface area contributed by atoms with Gasteiger partial charge in [-0.2, -0.15) is 0 Å². The van der Waals surface area contributed by atoms with E-state index >= 15 is 0 Å². The molecule has 0 spiro atoms. The number of aliphatic hydroxyl groups is 1. The van der Waals surface area contributed by atoms with E-state index in [0.717, 1.165) is 4.90 Å². The van der Waals surface area contributed by atoms with Crippen molar-refractivity contribution in [1.29, 1.82) is 0 Å². The number of aliphatic hydroxyl groups excluding tert-OH is 1. The molecule has 0 aliphatic carbocycles. The van der Waals surface area contributed by atoms with E-state index in [4.69, 9.17) is 0 Å². The summed E-state index contributed by atoms with van der Waals surface area (Å²) < 4.78 is 22.8. The van der Waals surface area contributed by atoms with Crippen LogP contribution in [0.1, 0.15) is 6.92 Å². The lowest BCUT2D eigenvalue weighted by molar-refractivity contribution is -0.114. The fraction of sp³-hybridized carbons (Fsp3) is 0.417. The van der Waals surface area contributed by atoms with Crippen molar-refractivity contribution in [2.75, 3.05) is 16.8 Å². The number of anilines is 1. The summed E-state index contributed by atoms with van der Waals surface area (Å²) in [6, 6.07) is 7.10. The molecular weight excluding hydrogens is 286 g/mol. The number of nitrogens with one attached hydrogen (secondary N) is 1. The molecule has 104 valence electrons. The number of thioether (sulfide) groups is 1. The molecule has 0 radical (unpaired) electrons. The van der Waals surface area contributed by atoms with Gasteiger partial charge in [0, 0.05) is 17.5 Å². The van der Waals surface area contributed by atoms with Crippen molar-refractivity contribution in [2.24, 2.45) is 0 Å². The Labute approximate surface area is 116 Å². The zero-order valence-corrected chi connectivity index (χ0v) is 12.0. The highest BCUT2D eigenvalue weighted by Crippen LogP contribution is 2.31. The summed E-state index contributed by atoms with van der Waals surface area (Å²) in [6.07, 6.45) is -0.815. The second kappa shape index (κ2) is 5.52. The Morgan fingerprint density at radius 3 is 2.42 bits per heavy atom. The topological polar surface area (TPSA) is 83.5 Å². The van der Waals surface area contributed by atoms with Gasteiger partial charge >= 0.3 is 0 Å². The maximum absolute atomic E-state index is 11.4. The fourth-order valence-electron chi connectivity index (χ4n) is 1.90. The quantitative estimate of drug-likeness (QED) is 0.866. The first-order valence-electron chi connectivity index (χ1n) is 5.78. The van der Waals surface area contributed by atoms with Crippen LogP contribution in [-0.4, -0.2) is 42.3 Å². The van der Waals surface area contributed by atoms with Gasteiger partial charge in [-0.15, -0.1) is 11.8 Å². The number of carbonyl (C=O) groups is 1. The molecule has 1 amide bonds. The standard InChI is InChI=1S/C12H15NO4S2/c1-8(14)13-9-2-4-10(5-3-9)18-12-7-19(16,17)6-11(12)15/h2-5,11-12,15H,6-7H2,1H3,(H,13,14)/t11-,12+/m0/s1. The van der Waals surface area contributed by atoms with Gasteiger partial charge in [0.1, 0.15) is 0 Å². The van der Waals surface area contributed by atoms with Crippen LogP contribution in [0.25, 0.3) is 0 Å². The van der Waals surface area contributed by atoms with Gasteiger partial charge in [-0.3, -0.25) is 4.79 Å². The van der Waals surface area contributed by atoms with Crippen molar-refractivity contribution < 1.29 is 18.3 Å². The predicted molar refractivity (Wildman–Crippen MR) is 75.1 cm³/mol. The van der Waals surface area contributed by atoms with Crippen molar-refractivity contribution in [3.05, 3.63) is 24.3 Å². The van der Waals surface area contributed by atoms with E-state index in [1.807, 2.05) is 0 Å². The van der Waals surface area contributed by atoms with Crippen molar-refractivity contribution in [3.8, 4) is 0 Å². The van der Waals surface area contributed by atoms with Crippen LogP contribution in [0.4, 0.5) is 5.69 Å². The van der Waals surface area contributed by atoms with Crippen LogP contribution in [0.15, 0.2) is 29.2 Å². The maximum Gasteiger partial charge on any atom is 0.221 e. The number of amides is 1. The second-order valence-corrected chi connectivity index (χ2v) is 7.97. The number of sulfone groups is 1. The van der Waals surface area contributed by atoms with Crippen molar-refractivity contribution in [1.82, 2.24) is 0 Å². The number of rotatable bonds is 3. The minimum atomic E-state index is -3.12. The molecule has 0 bridgehead atoms. The molecule has 7 heteroatoms. The van der Waals surface area contributed by atoms with Gasteiger partial charge in [0.05, 0.1) is 22.9 Å². The number of carbonyl (C=O) groups excluding carboxylic acids is 1. The predicted octanol–water partition coefficient (Wildman–Crippen LogP) is 0.895. The molecule has 2 rings (SSSR count). The lowest BCUT2D eigenvalue weighted by Gasteiger charge is -2.12. The fourth-order valence-corrected chi connectivity index (χ4v) is 5.43. The smallest absolute Gasteiger partial charge is 0.221 e. The van der Waals surface area contributed by atoms with E-state index in [1.165, 1.54) is 18.7 Å². The van der Waals surface area contributed by atoms with E-state index in [1.54, 1.807) is 24.3 Å². The second-order valence-electron chi connectivity index (χ2n) is 4.51. The van der Waals surface area contributed by atoms with Crippen molar-refractivity contribution in [3.63, 3.8) is 0 Å². The molecule has 2 N–H and O–H groups in total. The lowest BCUT2D eigenvalue weighted by Crippen LogP contribution is -2.19. The molecule has 5 nitrogen and oxygen atoms in total. The molecule has 1 saturated heterocycles. The summed E-state index contributed by atoms with van der Waals surface area (Å²) in [7, 11) is -3.12. The van der Waals surface area contributed by atoms with Crippen LogP contribution in [0, 0.1) is 0 Å². The van der Waals surface area contributed by atoms with Crippen LogP contribution in [-0.2, 0) is 14.6 Å². The third-order valence-electron chi connectivity index (χ3n) is 2.73. The first kappa shape index (κ1) is 14.4. The van der Waals surface area contributed by atoms with Crippen LogP contribution in [0.3, 0.4) is 0 Å². The molecule has 0 saturated carbocycles. The number of hydrogen-bond acceptors (Lipinski definition) is 5. The summed E-state index contributed by atoms with van der Waals surface area (Å²) in [5.74, 6) is -0.293. The highest BCUT2D eigenvalue weighted by atomic mass is 32.2. The summed E-state index contributed by atoms with van der Waals surface area (Å²) >= 11 is 1.35. The summed E-state index contributed by atoms with van der Waals surface area (Å²) in [5.41, 5.74) is 0.691. The monoisotopic (exact) mass is 301 g/mol. The van der Waals surface area contributed by atoms with E-state index in [9.17, 15) is 18.3 Å². The largest absolute Gasteiger partial charge is 0.391 e. The minimum absolute atomic E-state index is 0.00623. The van der Waals surface area contributed by atoms with Gasteiger partial charge in [-0.1, -0.05) is 0 Å². The van der Waals surface area contributed by atoms with Gasteiger partial charge < -0.3 is 10.4 Å². The molecule has 2 atom stereocenters. The van der Waals surface area contributed by atoms with Gasteiger partial charge in [0.25, 0.3) is 0 Å². The summed E-state index contributed by atoms with van der Waals surface area (Å²) in [6.45, 7) is 1.43. The summed E-state index contributed by atoms with van der Waals surface area (Å²) in [4.78, 5) is 11.7. The molecule has 1 aromatic carbocycles. The molecule has 0 unspecified atom stereocenters. The van der Waals surface area contributed by atoms with E-state index in [-0.39, 0.29) is 22.7 Å². The molecule has 1 aliphatic heterocycles. The zero-order valence-electron chi connectivity index (χ0n) is 10.4. The number of benzene rings is 1. The van der Waals surface area contributed by atoms with Crippen LogP contribution in [0.5, 0.6) is 0 Å². The van der Waals surface area contributed by atoms with Crippen LogP contribution >= 0.6 is 11.8 Å². The Hall–Kier alpha value is -1.05. The van der Waals surface area contributed by atoms with Crippen molar-refractivity contribution in [2.45, 2.75) is 23.2 Å². The SMILES string of the molecule is CC(=O)Nc1ccc(S[C@@H]2CS(=O)(=O)C[C@@H]2O)cc1. The highest BCUT2D eigenvalue weighted by Gasteiger charge is 2.36. The third-order valence-corrected chi connectivity index (χ3v) is 5.99. The van der Waals surface area contributed by atoms with E-state index < -0.39 is 15.9 Å². The molecule has 19 heavy (non-hydrogen) atoms. The normalized spacial score (nSPS) is 25.2. The molecular formula is C12H15NO4S2. The Kier molecular flexibility index (Phi) is 4.17. The minimum Gasteiger partial charge on any atom is -0.391 e. The zero-order chi connectivity index (χ0) is 14.0. The Bertz CT molecular complexity index is 568. The Morgan fingerprint density at radius 2 is 1.95 bits per heavy atom. The average Bonchev–Trinajstić information content (AvgIpc) is 2.54. The van der Waals surface area contributed by atoms with Gasteiger partial charge in [0.15, 0.2) is 9.84 Å². The summed E-state index contributed by atoms with van der Waals surface area (Å²) in [5, 5.41) is 12.0. The third kappa shape index (κ3) is 3.95.